The predicted octanol–water partition coefficient (Wildman–Crippen LogP) is 4.37. The molecular formula is C12H17BrN2S. The van der Waals surface area contributed by atoms with E-state index in [2.05, 4.69) is 26.1 Å². The van der Waals surface area contributed by atoms with Crippen molar-refractivity contribution in [3.05, 3.63) is 8.92 Å². The third kappa shape index (κ3) is 2.19. The zero-order chi connectivity index (χ0) is 11.0. The zero-order valence-corrected chi connectivity index (χ0v) is 11.8. The van der Waals surface area contributed by atoms with E-state index in [9.17, 15) is 0 Å². The Morgan fingerprint density at radius 2 is 1.81 bits per heavy atom. The van der Waals surface area contributed by atoms with Crippen LogP contribution in [0.15, 0.2) is 3.92 Å². The van der Waals surface area contributed by atoms with Crippen LogP contribution in [0.3, 0.4) is 0 Å². The van der Waals surface area contributed by atoms with Crippen molar-refractivity contribution >= 4 is 27.3 Å². The summed E-state index contributed by atoms with van der Waals surface area (Å²) in [5.74, 6) is 2.71. The van der Waals surface area contributed by atoms with Gasteiger partial charge < -0.3 is 0 Å². The molecule has 0 amide bonds. The van der Waals surface area contributed by atoms with E-state index in [-0.39, 0.29) is 0 Å². The van der Waals surface area contributed by atoms with Gasteiger partial charge in [0, 0.05) is 5.92 Å². The molecule has 16 heavy (non-hydrogen) atoms. The molecule has 88 valence electrons. The highest BCUT2D eigenvalue weighted by Gasteiger charge is 2.33. The second-order valence-electron chi connectivity index (χ2n) is 5.21. The van der Waals surface area contributed by atoms with Crippen molar-refractivity contribution in [1.82, 2.24) is 10.2 Å². The molecule has 3 rings (SSSR count). The summed E-state index contributed by atoms with van der Waals surface area (Å²) in [4.78, 5) is 0. The molecule has 0 N–H and O–H groups in total. The lowest BCUT2D eigenvalue weighted by molar-refractivity contribution is 0.155. The first-order valence-electron chi connectivity index (χ1n) is 6.32. The quantitative estimate of drug-likeness (QED) is 0.769. The maximum absolute atomic E-state index is 4.30. The van der Waals surface area contributed by atoms with Crippen LogP contribution < -0.4 is 0 Å². The van der Waals surface area contributed by atoms with Gasteiger partial charge in [0.25, 0.3) is 0 Å². The fraction of sp³-hybridized carbons (Fsp3) is 0.833. The van der Waals surface area contributed by atoms with Crippen molar-refractivity contribution < 1.29 is 0 Å². The monoisotopic (exact) mass is 300 g/mol. The summed E-state index contributed by atoms with van der Waals surface area (Å²) in [6, 6.07) is 0. The SMILES string of the molecule is Brc1nnc(C2CCC3CCCCC3C2)s1. The Morgan fingerprint density at radius 1 is 1.00 bits per heavy atom. The van der Waals surface area contributed by atoms with Crippen molar-refractivity contribution in [3.63, 3.8) is 0 Å². The minimum atomic E-state index is 0.697. The predicted molar refractivity (Wildman–Crippen MR) is 69.6 cm³/mol. The molecule has 0 aliphatic heterocycles. The van der Waals surface area contributed by atoms with Gasteiger partial charge in [-0.25, -0.2) is 0 Å². The molecule has 4 heteroatoms. The normalized spacial score (nSPS) is 34.7. The van der Waals surface area contributed by atoms with E-state index in [4.69, 9.17) is 0 Å². The molecule has 3 unspecified atom stereocenters. The van der Waals surface area contributed by atoms with Crippen LogP contribution >= 0.6 is 27.3 Å². The fourth-order valence-electron chi connectivity index (χ4n) is 3.48. The first-order chi connectivity index (χ1) is 7.83. The van der Waals surface area contributed by atoms with E-state index in [1.54, 1.807) is 11.3 Å². The Labute approximate surface area is 109 Å². The smallest absolute Gasteiger partial charge is 0.142 e. The summed E-state index contributed by atoms with van der Waals surface area (Å²) in [5, 5.41) is 9.64. The second-order valence-corrected chi connectivity index (χ2v) is 7.49. The van der Waals surface area contributed by atoms with Gasteiger partial charge in [0.15, 0.2) is 3.92 Å². The molecule has 0 spiro atoms. The molecule has 2 nitrogen and oxygen atoms in total. The van der Waals surface area contributed by atoms with E-state index < -0.39 is 0 Å². The van der Waals surface area contributed by atoms with Gasteiger partial charge in [0.05, 0.1) is 0 Å². The summed E-state index contributed by atoms with van der Waals surface area (Å²) >= 11 is 5.14. The summed E-state index contributed by atoms with van der Waals surface area (Å²) in [6.07, 6.45) is 9.99. The van der Waals surface area contributed by atoms with Crippen LogP contribution in [0.4, 0.5) is 0 Å². The number of aromatic nitrogens is 2. The van der Waals surface area contributed by atoms with E-state index in [1.807, 2.05) is 0 Å². The lowest BCUT2D eigenvalue weighted by atomic mass is 9.68. The third-order valence-electron chi connectivity index (χ3n) is 4.30. The van der Waals surface area contributed by atoms with Crippen LogP contribution in [-0.2, 0) is 0 Å². The first kappa shape index (κ1) is 11.1. The average molecular weight is 301 g/mol. The number of hydrogen-bond acceptors (Lipinski definition) is 3. The summed E-state index contributed by atoms with van der Waals surface area (Å²) in [7, 11) is 0. The minimum absolute atomic E-state index is 0.697. The van der Waals surface area contributed by atoms with Crippen molar-refractivity contribution in [2.24, 2.45) is 11.8 Å². The average Bonchev–Trinajstić information content (AvgIpc) is 2.75. The molecule has 0 saturated heterocycles. The fourth-order valence-corrected chi connectivity index (χ4v) is 4.77. The largest absolute Gasteiger partial charge is 0.183 e. The molecule has 0 radical (unpaired) electrons. The molecule has 0 bridgehead atoms. The van der Waals surface area contributed by atoms with Crippen LogP contribution in [0.25, 0.3) is 0 Å². The number of halogens is 1. The third-order valence-corrected chi connectivity index (χ3v) is 5.82. The number of hydrogen-bond donors (Lipinski definition) is 0. The highest BCUT2D eigenvalue weighted by molar-refractivity contribution is 9.11. The second kappa shape index (κ2) is 4.73. The van der Waals surface area contributed by atoms with Crippen LogP contribution in [0, 0.1) is 11.8 Å². The molecule has 3 atom stereocenters. The Morgan fingerprint density at radius 3 is 2.56 bits per heavy atom. The van der Waals surface area contributed by atoms with Gasteiger partial charge in [-0.1, -0.05) is 37.0 Å². The van der Waals surface area contributed by atoms with E-state index in [1.165, 1.54) is 50.0 Å². The lowest BCUT2D eigenvalue weighted by Gasteiger charge is -2.38. The molecule has 1 aromatic rings. The number of nitrogens with zero attached hydrogens (tertiary/aromatic N) is 2. The Kier molecular flexibility index (Phi) is 3.29. The van der Waals surface area contributed by atoms with Gasteiger partial charge in [0.2, 0.25) is 0 Å². The van der Waals surface area contributed by atoms with Crippen molar-refractivity contribution in [2.75, 3.05) is 0 Å². The number of fused-ring (bicyclic) bond motifs is 1. The molecule has 1 heterocycles. The van der Waals surface area contributed by atoms with Gasteiger partial charge in [-0.05, 0) is 47.0 Å². The van der Waals surface area contributed by atoms with Gasteiger partial charge in [-0.3, -0.25) is 0 Å². The Balaban J connectivity index is 1.70. The lowest BCUT2D eigenvalue weighted by Crippen LogP contribution is -2.26. The Hall–Kier alpha value is 0.0400. The van der Waals surface area contributed by atoms with Gasteiger partial charge in [-0.2, -0.15) is 0 Å². The molecule has 0 aromatic carbocycles. The molecule has 2 fully saturated rings. The first-order valence-corrected chi connectivity index (χ1v) is 7.93. The van der Waals surface area contributed by atoms with Crippen LogP contribution in [-0.4, -0.2) is 10.2 Å². The van der Waals surface area contributed by atoms with Crippen LogP contribution in [0.5, 0.6) is 0 Å². The van der Waals surface area contributed by atoms with Crippen molar-refractivity contribution in [2.45, 2.75) is 50.9 Å². The molecule has 2 saturated carbocycles. The molecule has 2 aliphatic carbocycles. The maximum Gasteiger partial charge on any atom is 0.183 e. The molecule has 2 aliphatic rings. The van der Waals surface area contributed by atoms with Crippen LogP contribution in [0.1, 0.15) is 55.9 Å². The van der Waals surface area contributed by atoms with Crippen LogP contribution in [0.2, 0.25) is 0 Å². The summed E-state index contributed by atoms with van der Waals surface area (Å²) in [5.41, 5.74) is 0. The van der Waals surface area contributed by atoms with E-state index in [0.717, 1.165) is 15.8 Å². The maximum atomic E-state index is 4.30. The van der Waals surface area contributed by atoms with E-state index >= 15 is 0 Å². The highest BCUT2D eigenvalue weighted by atomic mass is 79.9. The molecule has 1 aromatic heterocycles. The minimum Gasteiger partial charge on any atom is -0.142 e. The van der Waals surface area contributed by atoms with Gasteiger partial charge in [-0.15, -0.1) is 10.2 Å². The Bertz CT molecular complexity index is 366. The van der Waals surface area contributed by atoms with Gasteiger partial charge >= 0.3 is 0 Å². The van der Waals surface area contributed by atoms with Crippen molar-refractivity contribution in [3.8, 4) is 0 Å². The standard InChI is InChI=1S/C12H17BrN2S/c13-12-15-14-11(16-12)10-6-5-8-3-1-2-4-9(8)7-10/h8-10H,1-7H2. The summed E-state index contributed by atoms with van der Waals surface area (Å²) < 4.78 is 0.938. The van der Waals surface area contributed by atoms with E-state index in [0.29, 0.717) is 5.92 Å². The highest BCUT2D eigenvalue weighted by Crippen LogP contribution is 2.46. The zero-order valence-electron chi connectivity index (χ0n) is 9.36. The number of rotatable bonds is 1. The van der Waals surface area contributed by atoms with Crippen molar-refractivity contribution in [1.29, 1.82) is 0 Å². The topological polar surface area (TPSA) is 25.8 Å². The summed E-state index contributed by atoms with van der Waals surface area (Å²) in [6.45, 7) is 0. The van der Waals surface area contributed by atoms with Gasteiger partial charge in [0.1, 0.15) is 5.01 Å². The molecular weight excluding hydrogens is 284 g/mol.